The molecule has 0 radical (unpaired) electrons. The highest BCUT2D eigenvalue weighted by Gasteiger charge is 2.37. The molecule has 0 bridgehead atoms. The van der Waals surface area contributed by atoms with Gasteiger partial charge in [-0.15, -0.1) is 0 Å². The molecule has 12 nitrogen and oxygen atoms in total. The van der Waals surface area contributed by atoms with E-state index < -0.39 is 23.3 Å². The van der Waals surface area contributed by atoms with E-state index in [1.807, 2.05) is 4.90 Å². The molecule has 5 N–H and O–H groups in total. The van der Waals surface area contributed by atoms with Gasteiger partial charge in [-0.1, -0.05) is 0 Å². The first-order valence-electron chi connectivity index (χ1n) is 10.6. The van der Waals surface area contributed by atoms with Crippen LogP contribution in [0.1, 0.15) is 30.7 Å². The maximum absolute atomic E-state index is 12.8. The van der Waals surface area contributed by atoms with Gasteiger partial charge >= 0.3 is 0 Å². The molecule has 1 fully saturated rings. The molecule has 33 heavy (non-hydrogen) atoms. The molecule has 1 aromatic heterocycles. The zero-order valence-electron chi connectivity index (χ0n) is 17.6. The average Bonchev–Trinajstić information content (AvgIpc) is 3.37. The first kappa shape index (κ1) is 20.8. The number of carbonyl (C=O) groups excluding carboxylic acids is 3. The van der Waals surface area contributed by atoms with E-state index in [4.69, 9.17) is 15.2 Å². The summed E-state index contributed by atoms with van der Waals surface area (Å²) in [5.74, 6) is -0.820. The summed E-state index contributed by atoms with van der Waals surface area (Å²) in [5, 5.41) is 5.32. The van der Waals surface area contributed by atoms with Crippen LogP contribution in [-0.2, 0) is 14.4 Å². The lowest BCUT2D eigenvalue weighted by Crippen LogP contribution is -2.40. The van der Waals surface area contributed by atoms with Crippen LogP contribution in [0.15, 0.2) is 23.0 Å². The lowest BCUT2D eigenvalue weighted by atomic mass is 9.96. The number of anilines is 3. The number of ether oxygens (including phenoxy) is 2. The largest absolute Gasteiger partial charge is 0.454 e. The molecule has 3 amide bonds. The Morgan fingerprint density at radius 1 is 1.18 bits per heavy atom. The van der Waals surface area contributed by atoms with E-state index in [2.05, 4.69) is 20.6 Å². The minimum absolute atomic E-state index is 0.118. The van der Waals surface area contributed by atoms with Crippen LogP contribution in [0.4, 0.5) is 17.5 Å². The number of primary amides is 1. The second-order valence-corrected chi connectivity index (χ2v) is 8.18. The predicted octanol–water partition coefficient (Wildman–Crippen LogP) is 0.265. The van der Waals surface area contributed by atoms with Crippen LogP contribution in [0.2, 0.25) is 0 Å². The summed E-state index contributed by atoms with van der Waals surface area (Å²) < 4.78 is 10.5. The minimum Gasteiger partial charge on any atom is -0.454 e. The Kier molecular flexibility index (Phi) is 5.11. The van der Waals surface area contributed by atoms with Crippen LogP contribution in [0, 0.1) is 5.92 Å². The van der Waals surface area contributed by atoms with Gasteiger partial charge < -0.3 is 30.7 Å². The van der Waals surface area contributed by atoms with Gasteiger partial charge in [0.15, 0.2) is 11.5 Å². The molecule has 0 unspecified atom stereocenters. The van der Waals surface area contributed by atoms with E-state index in [1.165, 1.54) is 0 Å². The summed E-state index contributed by atoms with van der Waals surface area (Å²) in [7, 11) is 0. The van der Waals surface area contributed by atoms with E-state index >= 15 is 0 Å². The lowest BCUT2D eigenvalue weighted by Gasteiger charge is -2.30. The maximum Gasteiger partial charge on any atom is 0.258 e. The molecular formula is C21H22N6O6. The van der Waals surface area contributed by atoms with E-state index in [0.29, 0.717) is 49.1 Å². The molecule has 3 aliphatic rings. The van der Waals surface area contributed by atoms with E-state index in [1.54, 1.807) is 18.2 Å². The first-order valence-corrected chi connectivity index (χ1v) is 10.6. The molecule has 1 atom stereocenters. The van der Waals surface area contributed by atoms with Crippen LogP contribution < -0.4 is 36.3 Å². The zero-order valence-corrected chi connectivity index (χ0v) is 17.6. The van der Waals surface area contributed by atoms with Crippen molar-refractivity contribution in [3.63, 3.8) is 0 Å². The van der Waals surface area contributed by atoms with Crippen LogP contribution in [0.3, 0.4) is 0 Å². The second-order valence-electron chi connectivity index (χ2n) is 8.18. The highest BCUT2D eigenvalue weighted by atomic mass is 16.7. The number of hydrogen-bond acceptors (Lipinski definition) is 8. The minimum atomic E-state index is -0.958. The molecule has 12 heteroatoms. The molecule has 5 rings (SSSR count). The van der Waals surface area contributed by atoms with Crippen molar-refractivity contribution in [2.75, 3.05) is 35.4 Å². The van der Waals surface area contributed by atoms with E-state index in [-0.39, 0.29) is 36.4 Å². The van der Waals surface area contributed by atoms with Gasteiger partial charge in [-0.05, 0) is 25.0 Å². The molecule has 3 aliphatic heterocycles. The van der Waals surface area contributed by atoms with Crippen molar-refractivity contribution in [3.8, 4) is 11.5 Å². The maximum atomic E-state index is 12.8. The Morgan fingerprint density at radius 2 is 1.94 bits per heavy atom. The lowest BCUT2D eigenvalue weighted by molar-refractivity contribution is -0.122. The summed E-state index contributed by atoms with van der Waals surface area (Å²) >= 11 is 0. The molecule has 4 heterocycles. The number of amides is 3. The standard InChI is InChI=1S/C21H22N6O6/c22-17(29)10-3-5-27(6-4-10)21-25-18-16(20(31)26-21)12(19(30)24-18)8-15(28)23-11-1-2-13-14(7-11)33-9-32-13/h1-2,7,10,12H,3-6,8-9H2,(H2,22,29)(H,23,28)(H2,24,25,26,30,31)/t12-/m0/s1. The van der Waals surface area contributed by atoms with Gasteiger partial charge in [-0.3, -0.25) is 24.2 Å². The SMILES string of the molecule is NC(=O)C1CCN(c2nc3c(c(=O)[nH]2)[C@H](CC(=O)Nc2ccc4c(c2)OCO4)C(=O)N3)CC1. The number of aromatic amines is 1. The van der Waals surface area contributed by atoms with Crippen LogP contribution >= 0.6 is 0 Å². The number of H-pyrrole nitrogens is 1. The number of benzene rings is 1. The van der Waals surface area contributed by atoms with Crippen LogP contribution in [-0.4, -0.2) is 47.6 Å². The molecule has 1 saturated heterocycles. The normalized spacial score (nSPS) is 19.2. The number of nitrogens with zero attached hydrogens (tertiary/aromatic N) is 2. The fraction of sp³-hybridized carbons (Fsp3) is 0.381. The number of fused-ring (bicyclic) bond motifs is 2. The highest BCUT2D eigenvalue weighted by Crippen LogP contribution is 2.35. The number of hydrogen-bond donors (Lipinski definition) is 4. The summed E-state index contributed by atoms with van der Waals surface area (Å²) in [6.07, 6.45) is 0.900. The fourth-order valence-electron chi connectivity index (χ4n) is 4.32. The molecule has 0 spiro atoms. The monoisotopic (exact) mass is 454 g/mol. The number of rotatable bonds is 5. The highest BCUT2D eigenvalue weighted by molar-refractivity contribution is 6.05. The number of piperidine rings is 1. The van der Waals surface area contributed by atoms with Gasteiger partial charge in [0, 0.05) is 37.2 Å². The van der Waals surface area contributed by atoms with Gasteiger partial charge in [0.25, 0.3) is 5.56 Å². The van der Waals surface area contributed by atoms with Crippen molar-refractivity contribution in [3.05, 3.63) is 34.1 Å². The first-order chi connectivity index (χ1) is 15.9. The van der Waals surface area contributed by atoms with Crippen molar-refractivity contribution in [1.82, 2.24) is 9.97 Å². The van der Waals surface area contributed by atoms with Crippen LogP contribution in [0.5, 0.6) is 11.5 Å². The second kappa shape index (κ2) is 8.11. The molecule has 0 aliphatic carbocycles. The topological polar surface area (TPSA) is 169 Å². The molecule has 172 valence electrons. The van der Waals surface area contributed by atoms with Gasteiger partial charge in [0.1, 0.15) is 5.82 Å². The summed E-state index contributed by atoms with van der Waals surface area (Å²) in [5.41, 5.74) is 5.51. The number of carbonyl (C=O) groups is 3. The van der Waals surface area contributed by atoms with Gasteiger partial charge in [0.2, 0.25) is 30.5 Å². The molecule has 1 aromatic carbocycles. The smallest absolute Gasteiger partial charge is 0.258 e. The third-order valence-corrected chi connectivity index (χ3v) is 6.09. The molecule has 2 aromatic rings. The summed E-state index contributed by atoms with van der Waals surface area (Å²) in [6, 6.07) is 4.97. The van der Waals surface area contributed by atoms with E-state index in [0.717, 1.165) is 0 Å². The van der Waals surface area contributed by atoms with Crippen molar-refractivity contribution in [2.45, 2.75) is 25.2 Å². The summed E-state index contributed by atoms with van der Waals surface area (Å²) in [4.78, 5) is 58.3. The van der Waals surface area contributed by atoms with Gasteiger partial charge in [-0.25, -0.2) is 0 Å². The van der Waals surface area contributed by atoms with Gasteiger partial charge in [-0.2, -0.15) is 4.98 Å². The van der Waals surface area contributed by atoms with Gasteiger partial charge in [0.05, 0.1) is 11.5 Å². The zero-order chi connectivity index (χ0) is 23.1. The third-order valence-electron chi connectivity index (χ3n) is 6.09. The van der Waals surface area contributed by atoms with E-state index in [9.17, 15) is 19.2 Å². The Hall–Kier alpha value is -4.09. The number of aromatic nitrogens is 2. The van der Waals surface area contributed by atoms with Crippen LogP contribution in [0.25, 0.3) is 0 Å². The quantitative estimate of drug-likeness (QED) is 0.499. The Bertz CT molecular complexity index is 1200. The van der Waals surface area contributed by atoms with Crippen molar-refractivity contribution in [1.29, 1.82) is 0 Å². The average molecular weight is 454 g/mol. The molecule has 0 saturated carbocycles. The van der Waals surface area contributed by atoms with Crippen molar-refractivity contribution < 1.29 is 23.9 Å². The summed E-state index contributed by atoms with van der Waals surface area (Å²) in [6.45, 7) is 1.13. The predicted molar refractivity (Wildman–Crippen MR) is 116 cm³/mol. The third kappa shape index (κ3) is 3.95. The Morgan fingerprint density at radius 3 is 2.70 bits per heavy atom. The Balaban J connectivity index is 1.29. The number of nitrogens with two attached hydrogens (primary N) is 1. The van der Waals surface area contributed by atoms with Crippen molar-refractivity contribution >= 4 is 35.2 Å². The fourth-order valence-corrected chi connectivity index (χ4v) is 4.32. The van der Waals surface area contributed by atoms with Crippen molar-refractivity contribution in [2.24, 2.45) is 11.7 Å². The number of nitrogens with one attached hydrogen (secondary N) is 3. The Labute approximate surface area is 187 Å². The molecular weight excluding hydrogens is 432 g/mol.